The molecule has 12 heavy (non-hydrogen) atoms. The van der Waals surface area contributed by atoms with Crippen molar-refractivity contribution < 1.29 is 0 Å². The van der Waals surface area contributed by atoms with Crippen LogP contribution in [0.1, 0.15) is 44.9 Å². The average Bonchev–Trinajstić information content (AvgIpc) is 2.64. The van der Waals surface area contributed by atoms with E-state index in [4.69, 9.17) is 16.9 Å². The highest BCUT2D eigenvalue weighted by Crippen LogP contribution is 2.59. The van der Waals surface area contributed by atoms with Gasteiger partial charge in [0.1, 0.15) is 4.87 Å². The van der Waals surface area contributed by atoms with Gasteiger partial charge in [0.2, 0.25) is 0 Å². The van der Waals surface area contributed by atoms with Gasteiger partial charge in [-0.2, -0.15) is 5.26 Å². The van der Waals surface area contributed by atoms with Gasteiger partial charge < -0.3 is 0 Å². The molecule has 0 heterocycles. The van der Waals surface area contributed by atoms with Gasteiger partial charge in [0.25, 0.3) is 0 Å². The van der Waals surface area contributed by atoms with Crippen molar-refractivity contribution in [2.75, 3.05) is 0 Å². The number of rotatable bonds is 0. The lowest BCUT2D eigenvalue weighted by Crippen LogP contribution is -2.35. The van der Waals surface area contributed by atoms with Crippen LogP contribution in [0.3, 0.4) is 0 Å². The first-order valence-electron chi connectivity index (χ1n) is 4.83. The highest BCUT2D eigenvalue weighted by atomic mass is 35.5. The third kappa shape index (κ3) is 0.910. The molecule has 2 rings (SSSR count). The molecule has 2 fully saturated rings. The first kappa shape index (κ1) is 8.38. The molecule has 2 aliphatic rings. The maximum atomic E-state index is 9.07. The monoisotopic (exact) mass is 183 g/mol. The fraction of sp³-hybridized carbons (Fsp3) is 0.900. The Morgan fingerprint density at radius 3 is 2.17 bits per heavy atom. The standard InChI is InChI=1S/C10H14ClN/c11-10(8-12)7-3-6-9(10)4-1-2-5-9/h1-7H2. The smallest absolute Gasteiger partial charge is 0.136 e. The third-order valence-electron chi connectivity index (χ3n) is 3.76. The van der Waals surface area contributed by atoms with Crippen LogP contribution in [0, 0.1) is 16.7 Å². The van der Waals surface area contributed by atoms with Gasteiger partial charge >= 0.3 is 0 Å². The van der Waals surface area contributed by atoms with Crippen molar-refractivity contribution in [1.82, 2.24) is 0 Å². The van der Waals surface area contributed by atoms with Crippen molar-refractivity contribution in [1.29, 1.82) is 5.26 Å². The summed E-state index contributed by atoms with van der Waals surface area (Å²) in [7, 11) is 0. The molecule has 0 radical (unpaired) electrons. The number of alkyl halides is 1. The van der Waals surface area contributed by atoms with Crippen molar-refractivity contribution >= 4 is 11.6 Å². The van der Waals surface area contributed by atoms with E-state index in [1.807, 2.05) is 0 Å². The Labute approximate surface area is 78.7 Å². The summed E-state index contributed by atoms with van der Waals surface area (Å²) in [5.74, 6) is 0. The minimum Gasteiger partial charge on any atom is -0.196 e. The van der Waals surface area contributed by atoms with E-state index < -0.39 is 4.87 Å². The quantitative estimate of drug-likeness (QED) is 0.529. The molecule has 0 aromatic carbocycles. The van der Waals surface area contributed by atoms with Gasteiger partial charge in [-0.25, -0.2) is 0 Å². The highest BCUT2D eigenvalue weighted by Gasteiger charge is 2.55. The largest absolute Gasteiger partial charge is 0.196 e. The van der Waals surface area contributed by atoms with E-state index in [9.17, 15) is 0 Å². The number of hydrogen-bond donors (Lipinski definition) is 0. The van der Waals surface area contributed by atoms with Crippen molar-refractivity contribution in [2.24, 2.45) is 5.41 Å². The molecule has 0 amide bonds. The lowest BCUT2D eigenvalue weighted by atomic mass is 9.76. The first-order valence-corrected chi connectivity index (χ1v) is 5.20. The Balaban J connectivity index is 2.30. The summed E-state index contributed by atoms with van der Waals surface area (Å²) < 4.78 is 0. The third-order valence-corrected chi connectivity index (χ3v) is 4.43. The topological polar surface area (TPSA) is 23.8 Å². The Kier molecular flexibility index (Phi) is 1.84. The van der Waals surface area contributed by atoms with Crippen molar-refractivity contribution in [3.63, 3.8) is 0 Å². The molecule has 0 saturated heterocycles. The van der Waals surface area contributed by atoms with Gasteiger partial charge in [-0.3, -0.25) is 0 Å². The zero-order valence-electron chi connectivity index (χ0n) is 7.27. The normalized spacial score (nSPS) is 38.7. The highest BCUT2D eigenvalue weighted by molar-refractivity contribution is 6.26. The predicted octanol–water partition coefficient (Wildman–Crippen LogP) is 3.23. The molecule has 0 bridgehead atoms. The van der Waals surface area contributed by atoms with Crippen LogP contribution in [-0.2, 0) is 0 Å². The molecule has 66 valence electrons. The van der Waals surface area contributed by atoms with Crippen molar-refractivity contribution in [3.8, 4) is 6.07 Å². The van der Waals surface area contributed by atoms with Crippen LogP contribution in [0.25, 0.3) is 0 Å². The van der Waals surface area contributed by atoms with Crippen LogP contribution >= 0.6 is 11.6 Å². The van der Waals surface area contributed by atoms with E-state index in [0.29, 0.717) is 0 Å². The number of hydrogen-bond acceptors (Lipinski definition) is 1. The minimum absolute atomic E-state index is 0.198. The van der Waals surface area contributed by atoms with Gasteiger partial charge in [0.05, 0.1) is 6.07 Å². The zero-order chi connectivity index (χ0) is 8.66. The first-order chi connectivity index (χ1) is 5.72. The SMILES string of the molecule is N#CC1(Cl)CCCC12CCCC2. The molecule has 0 aromatic heterocycles. The fourth-order valence-corrected chi connectivity index (χ4v) is 3.42. The van der Waals surface area contributed by atoms with E-state index >= 15 is 0 Å². The van der Waals surface area contributed by atoms with Crippen molar-refractivity contribution in [2.45, 2.75) is 49.8 Å². The Hall–Kier alpha value is -0.220. The van der Waals surface area contributed by atoms with Crippen LogP contribution in [-0.4, -0.2) is 4.87 Å². The molecule has 0 aliphatic heterocycles. The van der Waals surface area contributed by atoms with Gasteiger partial charge in [-0.05, 0) is 32.1 Å². The zero-order valence-corrected chi connectivity index (χ0v) is 8.03. The minimum atomic E-state index is -0.510. The molecule has 1 nitrogen and oxygen atoms in total. The van der Waals surface area contributed by atoms with Crippen LogP contribution in [0.5, 0.6) is 0 Å². The number of halogens is 1. The second-order valence-corrected chi connectivity index (χ2v) is 4.90. The van der Waals surface area contributed by atoms with Gasteiger partial charge in [-0.1, -0.05) is 12.8 Å². The molecule has 0 aromatic rings. The number of nitriles is 1. The molecule has 0 N–H and O–H groups in total. The fourth-order valence-electron chi connectivity index (χ4n) is 3.01. The summed E-state index contributed by atoms with van der Waals surface area (Å²) in [5, 5.41) is 9.07. The van der Waals surface area contributed by atoms with Crippen LogP contribution < -0.4 is 0 Å². The van der Waals surface area contributed by atoms with Crippen molar-refractivity contribution in [3.05, 3.63) is 0 Å². The predicted molar refractivity (Wildman–Crippen MR) is 48.9 cm³/mol. The molecule has 2 heteroatoms. The summed E-state index contributed by atoms with van der Waals surface area (Å²) >= 11 is 6.36. The Morgan fingerprint density at radius 2 is 1.58 bits per heavy atom. The molecular formula is C10H14ClN. The molecule has 1 unspecified atom stereocenters. The van der Waals surface area contributed by atoms with E-state index in [2.05, 4.69) is 6.07 Å². The van der Waals surface area contributed by atoms with E-state index in [-0.39, 0.29) is 5.41 Å². The van der Waals surface area contributed by atoms with Crippen LogP contribution in [0.15, 0.2) is 0 Å². The molecule has 1 atom stereocenters. The maximum absolute atomic E-state index is 9.07. The Bertz CT molecular complexity index is 219. The van der Waals surface area contributed by atoms with Crippen LogP contribution in [0.4, 0.5) is 0 Å². The maximum Gasteiger partial charge on any atom is 0.136 e. The van der Waals surface area contributed by atoms with Gasteiger partial charge in [-0.15, -0.1) is 11.6 Å². The van der Waals surface area contributed by atoms with Gasteiger partial charge in [0, 0.05) is 5.41 Å². The second kappa shape index (κ2) is 2.64. The Morgan fingerprint density at radius 1 is 1.00 bits per heavy atom. The lowest BCUT2D eigenvalue weighted by molar-refractivity contribution is 0.274. The van der Waals surface area contributed by atoms with Gasteiger partial charge in [0.15, 0.2) is 0 Å². The molecule has 2 saturated carbocycles. The average molecular weight is 184 g/mol. The molecule has 2 aliphatic carbocycles. The molecular weight excluding hydrogens is 170 g/mol. The summed E-state index contributed by atoms with van der Waals surface area (Å²) in [6, 6.07) is 2.34. The molecule has 1 spiro atoms. The number of nitrogens with zero attached hydrogens (tertiary/aromatic N) is 1. The second-order valence-electron chi connectivity index (χ2n) is 4.25. The summed E-state index contributed by atoms with van der Waals surface area (Å²) in [5.41, 5.74) is 0.198. The van der Waals surface area contributed by atoms with E-state index in [0.717, 1.165) is 12.8 Å². The summed E-state index contributed by atoms with van der Waals surface area (Å²) in [6.07, 6.45) is 8.16. The van der Waals surface area contributed by atoms with E-state index in [1.54, 1.807) is 0 Å². The summed E-state index contributed by atoms with van der Waals surface area (Å²) in [6.45, 7) is 0. The van der Waals surface area contributed by atoms with Crippen LogP contribution in [0.2, 0.25) is 0 Å². The lowest BCUT2D eigenvalue weighted by Gasteiger charge is -2.33. The summed E-state index contributed by atoms with van der Waals surface area (Å²) in [4.78, 5) is -0.510. The van der Waals surface area contributed by atoms with E-state index in [1.165, 1.54) is 32.1 Å².